The van der Waals surface area contributed by atoms with Gasteiger partial charge < -0.3 is 10.2 Å². The summed E-state index contributed by atoms with van der Waals surface area (Å²) in [6.07, 6.45) is 3.50. The summed E-state index contributed by atoms with van der Waals surface area (Å²) >= 11 is 0. The molecule has 0 bridgehead atoms. The fraction of sp³-hybridized carbons (Fsp3) is 0.333. The summed E-state index contributed by atoms with van der Waals surface area (Å²) < 4.78 is 0. The Balaban J connectivity index is 1.73. The van der Waals surface area contributed by atoms with E-state index in [-0.39, 0.29) is 18.4 Å². The number of benzene rings is 1. The van der Waals surface area contributed by atoms with Crippen LogP contribution in [-0.2, 0) is 0 Å². The minimum absolute atomic E-state index is 0.131. The lowest BCUT2D eigenvalue weighted by Gasteiger charge is -2.39. The van der Waals surface area contributed by atoms with Gasteiger partial charge in [-0.25, -0.2) is 0 Å². The van der Waals surface area contributed by atoms with Crippen LogP contribution in [0, 0.1) is 0 Å². The fourth-order valence-corrected chi connectivity index (χ4v) is 3.83. The fourth-order valence-electron chi connectivity index (χ4n) is 3.83. The van der Waals surface area contributed by atoms with Gasteiger partial charge in [-0.15, -0.1) is 0 Å². The Kier molecular flexibility index (Phi) is 5.29. The van der Waals surface area contributed by atoms with Crippen LogP contribution in [0.2, 0.25) is 0 Å². The molecule has 0 unspecified atom stereocenters. The van der Waals surface area contributed by atoms with Gasteiger partial charge in [0, 0.05) is 56.1 Å². The molecular formula is C21H24N4O2. The predicted octanol–water partition coefficient (Wildman–Crippen LogP) is 2.03. The number of phenols is 1. The first-order valence-electron chi connectivity index (χ1n) is 9.32. The van der Waals surface area contributed by atoms with Crippen molar-refractivity contribution in [1.29, 1.82) is 0 Å². The molecule has 1 fully saturated rings. The summed E-state index contributed by atoms with van der Waals surface area (Å²) in [4.78, 5) is 13.6. The molecule has 1 aromatic carbocycles. The summed E-state index contributed by atoms with van der Waals surface area (Å²) in [6.45, 7) is 4.35. The van der Waals surface area contributed by atoms with Crippen LogP contribution in [0.25, 0.3) is 10.9 Å². The van der Waals surface area contributed by atoms with E-state index in [0.717, 1.165) is 42.8 Å². The van der Waals surface area contributed by atoms with Crippen LogP contribution in [0.15, 0.2) is 54.9 Å². The number of aromatic nitrogens is 2. The average Bonchev–Trinajstić information content (AvgIpc) is 2.72. The van der Waals surface area contributed by atoms with Crippen LogP contribution < -0.4 is 0 Å². The highest BCUT2D eigenvalue weighted by atomic mass is 16.3. The van der Waals surface area contributed by atoms with E-state index in [2.05, 4.69) is 19.8 Å². The second kappa shape index (κ2) is 8.00. The van der Waals surface area contributed by atoms with Crippen LogP contribution in [0.4, 0.5) is 0 Å². The number of aliphatic hydroxyl groups is 1. The van der Waals surface area contributed by atoms with Crippen molar-refractivity contribution in [2.24, 2.45) is 0 Å². The molecule has 3 heterocycles. The Labute approximate surface area is 158 Å². The highest BCUT2D eigenvalue weighted by Crippen LogP contribution is 2.37. The van der Waals surface area contributed by atoms with Gasteiger partial charge in [0.1, 0.15) is 11.3 Å². The standard InChI is InChI=1S/C21H24N4O2/c26-15-14-24-10-12-25(13-11-24)20(18-5-1-2-8-22-18)17-7-6-16-4-3-9-23-19(16)21(17)27/h1-9,20,26-27H,10-15H2/t20-/m0/s1. The number of rotatable bonds is 5. The van der Waals surface area contributed by atoms with E-state index < -0.39 is 0 Å². The molecule has 0 amide bonds. The van der Waals surface area contributed by atoms with E-state index >= 15 is 0 Å². The number of phenolic OH excluding ortho intramolecular Hbond substituents is 1. The molecule has 1 atom stereocenters. The topological polar surface area (TPSA) is 72.7 Å². The number of nitrogens with zero attached hydrogens (tertiary/aromatic N) is 4. The minimum Gasteiger partial charge on any atom is -0.505 e. The van der Waals surface area contributed by atoms with Crippen molar-refractivity contribution in [2.45, 2.75) is 6.04 Å². The Hall–Kier alpha value is -2.54. The van der Waals surface area contributed by atoms with Crippen LogP contribution in [0.1, 0.15) is 17.3 Å². The number of hydrogen-bond donors (Lipinski definition) is 2. The maximum absolute atomic E-state index is 11.0. The summed E-state index contributed by atoms with van der Waals surface area (Å²) in [5.41, 5.74) is 2.36. The van der Waals surface area contributed by atoms with Gasteiger partial charge in [0.2, 0.25) is 0 Å². The highest BCUT2D eigenvalue weighted by Gasteiger charge is 2.29. The number of piperazine rings is 1. The van der Waals surface area contributed by atoms with E-state index in [4.69, 9.17) is 0 Å². The van der Waals surface area contributed by atoms with E-state index in [1.165, 1.54) is 0 Å². The summed E-state index contributed by atoms with van der Waals surface area (Å²) in [5.74, 6) is 0.224. The third-order valence-corrected chi connectivity index (χ3v) is 5.23. The zero-order chi connectivity index (χ0) is 18.6. The molecule has 6 heteroatoms. The Morgan fingerprint density at radius 3 is 2.48 bits per heavy atom. The van der Waals surface area contributed by atoms with Gasteiger partial charge in [-0.05, 0) is 18.2 Å². The molecule has 27 heavy (non-hydrogen) atoms. The third kappa shape index (κ3) is 3.64. The molecule has 0 spiro atoms. The molecular weight excluding hydrogens is 340 g/mol. The first kappa shape index (κ1) is 17.9. The number of fused-ring (bicyclic) bond motifs is 1. The molecule has 1 aliphatic rings. The molecule has 0 saturated carbocycles. The van der Waals surface area contributed by atoms with Crippen LogP contribution in [0.5, 0.6) is 5.75 Å². The van der Waals surface area contributed by atoms with Gasteiger partial charge in [-0.2, -0.15) is 0 Å². The Morgan fingerprint density at radius 1 is 0.926 bits per heavy atom. The second-order valence-corrected chi connectivity index (χ2v) is 6.84. The zero-order valence-corrected chi connectivity index (χ0v) is 15.2. The second-order valence-electron chi connectivity index (χ2n) is 6.84. The SMILES string of the molecule is OCCN1CCN([C@H](c2ccccn2)c2ccc3cccnc3c2O)CC1. The van der Waals surface area contributed by atoms with Crippen molar-refractivity contribution in [3.05, 3.63) is 66.1 Å². The van der Waals surface area contributed by atoms with Crippen molar-refractivity contribution in [3.8, 4) is 5.75 Å². The largest absolute Gasteiger partial charge is 0.505 e. The molecule has 0 radical (unpaired) electrons. The lowest BCUT2D eigenvalue weighted by Crippen LogP contribution is -2.48. The molecule has 4 rings (SSSR count). The summed E-state index contributed by atoms with van der Waals surface area (Å²) in [5, 5.41) is 21.1. The number of hydrogen-bond acceptors (Lipinski definition) is 6. The zero-order valence-electron chi connectivity index (χ0n) is 15.2. The molecule has 140 valence electrons. The lowest BCUT2D eigenvalue weighted by atomic mass is 9.97. The lowest BCUT2D eigenvalue weighted by molar-refractivity contribution is 0.0927. The monoisotopic (exact) mass is 364 g/mol. The molecule has 3 aromatic rings. The van der Waals surface area contributed by atoms with Crippen LogP contribution >= 0.6 is 0 Å². The predicted molar refractivity (Wildman–Crippen MR) is 105 cm³/mol. The summed E-state index contributed by atoms with van der Waals surface area (Å²) in [7, 11) is 0. The highest BCUT2D eigenvalue weighted by molar-refractivity contribution is 5.85. The molecule has 6 nitrogen and oxygen atoms in total. The maximum atomic E-state index is 11.0. The van der Waals surface area contributed by atoms with Crippen molar-refractivity contribution in [2.75, 3.05) is 39.3 Å². The van der Waals surface area contributed by atoms with Crippen molar-refractivity contribution in [1.82, 2.24) is 19.8 Å². The quantitative estimate of drug-likeness (QED) is 0.722. The number of pyridine rings is 2. The van der Waals surface area contributed by atoms with Crippen molar-refractivity contribution >= 4 is 10.9 Å². The normalized spacial score (nSPS) is 17.2. The maximum Gasteiger partial charge on any atom is 0.146 e. The van der Waals surface area contributed by atoms with Gasteiger partial charge in [-0.1, -0.05) is 24.3 Å². The number of aromatic hydroxyl groups is 1. The Bertz CT molecular complexity index is 895. The average molecular weight is 364 g/mol. The van der Waals surface area contributed by atoms with Crippen molar-refractivity contribution < 1.29 is 10.2 Å². The Morgan fingerprint density at radius 2 is 1.74 bits per heavy atom. The molecule has 1 saturated heterocycles. The number of aliphatic hydroxyl groups excluding tert-OH is 1. The van der Waals surface area contributed by atoms with Gasteiger partial charge >= 0.3 is 0 Å². The van der Waals surface area contributed by atoms with Gasteiger partial charge in [0.05, 0.1) is 18.3 Å². The van der Waals surface area contributed by atoms with Crippen LogP contribution in [0.3, 0.4) is 0 Å². The van der Waals surface area contributed by atoms with E-state index in [0.29, 0.717) is 12.1 Å². The third-order valence-electron chi connectivity index (χ3n) is 5.23. The molecule has 2 N–H and O–H groups in total. The van der Waals surface area contributed by atoms with E-state index in [9.17, 15) is 10.2 Å². The van der Waals surface area contributed by atoms with Crippen LogP contribution in [-0.4, -0.2) is 69.3 Å². The first-order chi connectivity index (χ1) is 13.3. The molecule has 0 aliphatic carbocycles. The van der Waals surface area contributed by atoms with Crippen molar-refractivity contribution in [3.63, 3.8) is 0 Å². The smallest absolute Gasteiger partial charge is 0.146 e. The van der Waals surface area contributed by atoms with Gasteiger partial charge in [0.25, 0.3) is 0 Å². The van der Waals surface area contributed by atoms with E-state index in [1.807, 2.05) is 42.5 Å². The van der Waals surface area contributed by atoms with Gasteiger partial charge in [-0.3, -0.25) is 19.8 Å². The van der Waals surface area contributed by atoms with Gasteiger partial charge in [0.15, 0.2) is 0 Å². The number of β-amino-alcohol motifs (C(OH)–C–C–N with tert-alkyl or cyclic N) is 1. The first-order valence-corrected chi connectivity index (χ1v) is 9.32. The van der Waals surface area contributed by atoms with E-state index in [1.54, 1.807) is 12.4 Å². The summed E-state index contributed by atoms with van der Waals surface area (Å²) in [6, 6.07) is 13.6. The molecule has 1 aliphatic heterocycles. The minimum atomic E-state index is -0.131. The molecule has 2 aromatic heterocycles.